The third-order valence-corrected chi connectivity index (χ3v) is 2.37. The second-order valence-electron chi connectivity index (χ2n) is 3.80. The topological polar surface area (TPSA) is 47.3 Å². The number of imidazole rings is 1. The van der Waals surface area contributed by atoms with E-state index in [2.05, 4.69) is 17.0 Å². The van der Waals surface area contributed by atoms with E-state index in [0.717, 1.165) is 24.6 Å². The Morgan fingerprint density at radius 3 is 2.94 bits per heavy atom. The number of carbonyl (C=O) groups excluding carboxylic acids is 1. The second-order valence-corrected chi connectivity index (χ2v) is 3.80. The number of carbonyl (C=O) groups is 1. The standard InChI is InChI=1S/C7H14O.C6H5N3/c1-2-3-4-5-6-7-8;1-2-6-4-7-5-9(6)8-3-1/h7H,2-6H2,1H3;1-5H. The zero-order valence-electron chi connectivity index (χ0n) is 10.2. The first kappa shape index (κ1) is 13.4. The number of hydrogen-bond acceptors (Lipinski definition) is 3. The molecule has 92 valence electrons. The minimum Gasteiger partial charge on any atom is -0.303 e. The van der Waals surface area contributed by atoms with E-state index in [4.69, 9.17) is 0 Å². The highest BCUT2D eigenvalue weighted by Crippen LogP contribution is 1.99. The van der Waals surface area contributed by atoms with Crippen molar-refractivity contribution >= 4 is 11.8 Å². The molecule has 0 saturated heterocycles. The van der Waals surface area contributed by atoms with Gasteiger partial charge in [0.05, 0.1) is 11.7 Å². The van der Waals surface area contributed by atoms with Crippen LogP contribution in [-0.4, -0.2) is 20.9 Å². The van der Waals surface area contributed by atoms with Gasteiger partial charge in [-0.1, -0.05) is 26.2 Å². The van der Waals surface area contributed by atoms with Gasteiger partial charge in [-0.25, -0.2) is 9.50 Å². The van der Waals surface area contributed by atoms with Gasteiger partial charge < -0.3 is 4.79 Å². The number of aromatic nitrogens is 3. The Morgan fingerprint density at radius 1 is 1.35 bits per heavy atom. The van der Waals surface area contributed by atoms with Crippen molar-refractivity contribution in [1.82, 2.24) is 14.6 Å². The van der Waals surface area contributed by atoms with Crippen LogP contribution in [0.15, 0.2) is 30.9 Å². The monoisotopic (exact) mass is 233 g/mol. The quantitative estimate of drug-likeness (QED) is 0.589. The van der Waals surface area contributed by atoms with Crippen LogP contribution in [0.4, 0.5) is 0 Å². The summed E-state index contributed by atoms with van der Waals surface area (Å²) in [6.45, 7) is 2.17. The summed E-state index contributed by atoms with van der Waals surface area (Å²) in [5, 5.41) is 4.00. The number of aldehydes is 1. The summed E-state index contributed by atoms with van der Waals surface area (Å²) in [4.78, 5) is 13.7. The average Bonchev–Trinajstić information content (AvgIpc) is 2.84. The van der Waals surface area contributed by atoms with Gasteiger partial charge in [0.1, 0.15) is 12.6 Å². The maximum Gasteiger partial charge on any atom is 0.119 e. The van der Waals surface area contributed by atoms with Crippen molar-refractivity contribution in [3.05, 3.63) is 30.9 Å². The van der Waals surface area contributed by atoms with Gasteiger partial charge >= 0.3 is 0 Å². The van der Waals surface area contributed by atoms with Crippen LogP contribution in [0.2, 0.25) is 0 Å². The fourth-order valence-electron chi connectivity index (χ4n) is 1.42. The number of unbranched alkanes of at least 4 members (excludes halogenated alkanes) is 4. The first-order chi connectivity index (χ1) is 8.38. The maximum atomic E-state index is 9.77. The van der Waals surface area contributed by atoms with Crippen LogP contribution < -0.4 is 0 Å². The molecule has 17 heavy (non-hydrogen) atoms. The molecule has 0 aliphatic heterocycles. The van der Waals surface area contributed by atoms with E-state index >= 15 is 0 Å². The molecular weight excluding hydrogens is 214 g/mol. The SMILES string of the molecule is CCCCCCC=O.c1cnn2cncc2c1. The Hall–Kier alpha value is -1.71. The molecule has 2 aromatic rings. The lowest BCUT2D eigenvalue weighted by molar-refractivity contribution is -0.107. The molecule has 0 radical (unpaired) electrons. The van der Waals surface area contributed by atoms with Gasteiger partial charge in [0.25, 0.3) is 0 Å². The lowest BCUT2D eigenvalue weighted by Crippen LogP contribution is -1.84. The Bertz CT molecular complexity index is 395. The van der Waals surface area contributed by atoms with Crippen LogP contribution in [0.25, 0.3) is 5.52 Å². The van der Waals surface area contributed by atoms with Gasteiger partial charge in [-0.05, 0) is 18.6 Å². The maximum absolute atomic E-state index is 9.77. The summed E-state index contributed by atoms with van der Waals surface area (Å²) in [6, 6.07) is 3.84. The minimum atomic E-state index is 0.750. The van der Waals surface area contributed by atoms with Gasteiger partial charge in [-0.2, -0.15) is 5.10 Å². The third-order valence-electron chi connectivity index (χ3n) is 2.37. The van der Waals surface area contributed by atoms with Crippen molar-refractivity contribution in [2.24, 2.45) is 0 Å². The van der Waals surface area contributed by atoms with Gasteiger partial charge in [0.2, 0.25) is 0 Å². The predicted molar refractivity (Wildman–Crippen MR) is 67.8 cm³/mol. The number of fused-ring (bicyclic) bond motifs is 1. The van der Waals surface area contributed by atoms with Gasteiger partial charge in [0.15, 0.2) is 0 Å². The first-order valence-electron chi connectivity index (χ1n) is 6.05. The average molecular weight is 233 g/mol. The number of rotatable bonds is 5. The van der Waals surface area contributed by atoms with Crippen molar-refractivity contribution in [1.29, 1.82) is 0 Å². The van der Waals surface area contributed by atoms with E-state index in [0.29, 0.717) is 0 Å². The van der Waals surface area contributed by atoms with Crippen LogP contribution in [0.3, 0.4) is 0 Å². The Balaban J connectivity index is 0.000000172. The summed E-state index contributed by atoms with van der Waals surface area (Å²) in [6.07, 6.45) is 11.7. The Morgan fingerprint density at radius 2 is 2.24 bits per heavy atom. The van der Waals surface area contributed by atoms with Crippen LogP contribution in [0.5, 0.6) is 0 Å². The summed E-state index contributed by atoms with van der Waals surface area (Å²) in [7, 11) is 0. The van der Waals surface area contributed by atoms with Crippen LogP contribution in [-0.2, 0) is 4.79 Å². The molecular formula is C13H19N3O. The molecule has 2 rings (SSSR count). The van der Waals surface area contributed by atoms with Gasteiger partial charge in [0, 0.05) is 12.6 Å². The van der Waals surface area contributed by atoms with Crippen molar-refractivity contribution in [3.63, 3.8) is 0 Å². The Labute approximate surface area is 102 Å². The number of nitrogens with zero attached hydrogens (tertiary/aromatic N) is 3. The molecule has 0 N–H and O–H groups in total. The number of hydrogen-bond donors (Lipinski definition) is 0. The molecule has 4 heteroatoms. The fourth-order valence-corrected chi connectivity index (χ4v) is 1.42. The highest BCUT2D eigenvalue weighted by Gasteiger charge is 1.86. The normalized spacial score (nSPS) is 9.71. The highest BCUT2D eigenvalue weighted by atomic mass is 16.1. The zero-order chi connectivity index (χ0) is 12.3. The van der Waals surface area contributed by atoms with E-state index in [1.54, 1.807) is 23.2 Å². The van der Waals surface area contributed by atoms with E-state index in [1.807, 2.05) is 12.1 Å². The second kappa shape index (κ2) is 8.44. The highest BCUT2D eigenvalue weighted by molar-refractivity contribution is 5.48. The fraction of sp³-hybridized carbons (Fsp3) is 0.462. The summed E-state index contributed by atoms with van der Waals surface area (Å²) in [5.74, 6) is 0. The summed E-state index contributed by atoms with van der Waals surface area (Å²) in [5.41, 5.74) is 1.03. The molecule has 0 aromatic carbocycles. The molecule has 0 fully saturated rings. The largest absolute Gasteiger partial charge is 0.303 e. The van der Waals surface area contributed by atoms with Crippen molar-refractivity contribution in [2.45, 2.75) is 39.0 Å². The summed E-state index contributed by atoms with van der Waals surface area (Å²) >= 11 is 0. The smallest absolute Gasteiger partial charge is 0.119 e. The van der Waals surface area contributed by atoms with Crippen LogP contribution >= 0.6 is 0 Å². The van der Waals surface area contributed by atoms with Gasteiger partial charge in [-0.3, -0.25) is 0 Å². The molecule has 4 nitrogen and oxygen atoms in total. The first-order valence-corrected chi connectivity index (χ1v) is 6.05. The van der Waals surface area contributed by atoms with Crippen LogP contribution in [0.1, 0.15) is 39.0 Å². The molecule has 2 heterocycles. The molecule has 0 atom stereocenters. The molecule has 0 spiro atoms. The third kappa shape index (κ3) is 5.24. The Kier molecular flexibility index (Phi) is 6.63. The minimum absolute atomic E-state index is 0.750. The molecule has 0 amide bonds. The molecule has 2 aromatic heterocycles. The van der Waals surface area contributed by atoms with Crippen molar-refractivity contribution in [3.8, 4) is 0 Å². The van der Waals surface area contributed by atoms with Crippen molar-refractivity contribution in [2.75, 3.05) is 0 Å². The lowest BCUT2D eigenvalue weighted by atomic mass is 10.2. The molecule has 0 saturated carbocycles. The molecule has 0 bridgehead atoms. The van der Waals surface area contributed by atoms with Crippen LogP contribution in [0, 0.1) is 0 Å². The zero-order valence-corrected chi connectivity index (χ0v) is 10.2. The van der Waals surface area contributed by atoms with Crippen molar-refractivity contribution < 1.29 is 4.79 Å². The predicted octanol–water partition coefficient (Wildman–Crippen LogP) is 2.89. The molecule has 0 aliphatic carbocycles. The molecule has 0 unspecified atom stereocenters. The summed E-state index contributed by atoms with van der Waals surface area (Å²) < 4.78 is 1.72. The van der Waals surface area contributed by atoms with E-state index < -0.39 is 0 Å². The van der Waals surface area contributed by atoms with E-state index in [1.165, 1.54) is 19.3 Å². The van der Waals surface area contributed by atoms with Gasteiger partial charge in [-0.15, -0.1) is 0 Å². The van der Waals surface area contributed by atoms with E-state index in [-0.39, 0.29) is 0 Å². The van der Waals surface area contributed by atoms with E-state index in [9.17, 15) is 4.79 Å². The lowest BCUT2D eigenvalue weighted by Gasteiger charge is -1.90. The molecule has 0 aliphatic rings.